The number of rotatable bonds is 7. The van der Waals surface area contributed by atoms with Crippen LogP contribution in [-0.4, -0.2) is 36.2 Å². The average Bonchev–Trinajstić information content (AvgIpc) is 2.77. The molecule has 0 bridgehead atoms. The molecule has 1 amide bonds. The predicted octanol–water partition coefficient (Wildman–Crippen LogP) is 1.42. The SMILES string of the molecule is CC(C)CC(NC(=O)CCC1CCOC1)C(=O)O. The maximum atomic E-state index is 11.7. The first-order valence-electron chi connectivity index (χ1n) is 6.59. The third-order valence-electron chi connectivity index (χ3n) is 3.14. The van der Waals surface area contributed by atoms with Crippen molar-refractivity contribution >= 4 is 11.9 Å². The van der Waals surface area contributed by atoms with E-state index in [9.17, 15) is 9.59 Å². The van der Waals surface area contributed by atoms with Crippen molar-refractivity contribution in [3.05, 3.63) is 0 Å². The van der Waals surface area contributed by atoms with Crippen LogP contribution < -0.4 is 5.32 Å². The van der Waals surface area contributed by atoms with Gasteiger partial charge in [-0.05, 0) is 31.1 Å². The molecular formula is C13H23NO4. The van der Waals surface area contributed by atoms with Crippen LogP contribution in [0.25, 0.3) is 0 Å². The second-order valence-electron chi connectivity index (χ2n) is 5.36. The second kappa shape index (κ2) is 7.36. The number of ether oxygens (including phenoxy) is 1. The van der Waals surface area contributed by atoms with Crippen molar-refractivity contribution in [1.29, 1.82) is 0 Å². The van der Waals surface area contributed by atoms with E-state index in [2.05, 4.69) is 5.32 Å². The number of hydrogen-bond acceptors (Lipinski definition) is 3. The first kappa shape index (κ1) is 15.0. The van der Waals surface area contributed by atoms with E-state index in [-0.39, 0.29) is 11.8 Å². The normalized spacial score (nSPS) is 20.9. The Balaban J connectivity index is 2.29. The molecule has 1 aliphatic rings. The van der Waals surface area contributed by atoms with Crippen molar-refractivity contribution in [3.63, 3.8) is 0 Å². The Hall–Kier alpha value is -1.10. The van der Waals surface area contributed by atoms with Crippen LogP contribution >= 0.6 is 0 Å². The molecular weight excluding hydrogens is 234 g/mol. The smallest absolute Gasteiger partial charge is 0.326 e. The third-order valence-corrected chi connectivity index (χ3v) is 3.14. The molecule has 0 aliphatic carbocycles. The van der Waals surface area contributed by atoms with Gasteiger partial charge in [0.1, 0.15) is 6.04 Å². The standard InChI is InChI=1S/C13H23NO4/c1-9(2)7-11(13(16)17)14-12(15)4-3-10-5-6-18-8-10/h9-11H,3-8H2,1-2H3,(H,14,15)(H,16,17). The van der Waals surface area contributed by atoms with Gasteiger partial charge in [-0.25, -0.2) is 4.79 Å². The van der Waals surface area contributed by atoms with Gasteiger partial charge in [0.15, 0.2) is 0 Å². The quantitative estimate of drug-likeness (QED) is 0.723. The van der Waals surface area contributed by atoms with Crippen molar-refractivity contribution in [2.24, 2.45) is 11.8 Å². The molecule has 0 aromatic heterocycles. The molecule has 1 saturated heterocycles. The second-order valence-corrected chi connectivity index (χ2v) is 5.36. The minimum atomic E-state index is -0.957. The van der Waals surface area contributed by atoms with Crippen LogP contribution in [0.15, 0.2) is 0 Å². The molecule has 1 heterocycles. The summed E-state index contributed by atoms with van der Waals surface area (Å²) >= 11 is 0. The minimum Gasteiger partial charge on any atom is -0.480 e. The summed E-state index contributed by atoms with van der Waals surface area (Å²) in [6.45, 7) is 5.38. The van der Waals surface area contributed by atoms with E-state index in [4.69, 9.17) is 9.84 Å². The van der Waals surface area contributed by atoms with Gasteiger partial charge >= 0.3 is 5.97 Å². The van der Waals surface area contributed by atoms with Gasteiger partial charge in [0.2, 0.25) is 5.91 Å². The molecule has 5 nitrogen and oxygen atoms in total. The van der Waals surface area contributed by atoms with Crippen molar-refractivity contribution in [3.8, 4) is 0 Å². The molecule has 2 N–H and O–H groups in total. The van der Waals surface area contributed by atoms with Gasteiger partial charge in [-0.1, -0.05) is 13.8 Å². The lowest BCUT2D eigenvalue weighted by atomic mass is 10.0. The van der Waals surface area contributed by atoms with E-state index in [0.29, 0.717) is 18.8 Å². The topological polar surface area (TPSA) is 75.6 Å². The average molecular weight is 257 g/mol. The monoisotopic (exact) mass is 257 g/mol. The molecule has 104 valence electrons. The fourth-order valence-electron chi connectivity index (χ4n) is 2.11. The number of aliphatic carboxylic acids is 1. The highest BCUT2D eigenvalue weighted by atomic mass is 16.5. The highest BCUT2D eigenvalue weighted by Gasteiger charge is 2.22. The molecule has 0 aromatic rings. The van der Waals surface area contributed by atoms with Crippen LogP contribution in [0.2, 0.25) is 0 Å². The number of carboxylic acid groups (broad SMARTS) is 1. The molecule has 0 spiro atoms. The first-order chi connectivity index (χ1) is 8.49. The maximum Gasteiger partial charge on any atom is 0.326 e. The van der Waals surface area contributed by atoms with Gasteiger partial charge in [0.05, 0.1) is 0 Å². The summed E-state index contributed by atoms with van der Waals surface area (Å²) in [6, 6.07) is -0.766. The maximum absolute atomic E-state index is 11.7. The Morgan fingerprint density at radius 1 is 1.44 bits per heavy atom. The van der Waals surface area contributed by atoms with E-state index in [1.54, 1.807) is 0 Å². The van der Waals surface area contributed by atoms with E-state index in [1.807, 2.05) is 13.8 Å². The zero-order chi connectivity index (χ0) is 13.5. The molecule has 1 rings (SSSR count). The first-order valence-corrected chi connectivity index (χ1v) is 6.59. The number of carboxylic acids is 1. The predicted molar refractivity (Wildman–Crippen MR) is 67.2 cm³/mol. The van der Waals surface area contributed by atoms with Crippen LogP contribution in [0.5, 0.6) is 0 Å². The number of nitrogens with one attached hydrogen (secondary N) is 1. The van der Waals surface area contributed by atoms with Crippen LogP contribution in [0, 0.1) is 11.8 Å². The Morgan fingerprint density at radius 3 is 2.67 bits per heavy atom. The molecule has 1 fully saturated rings. The molecule has 0 radical (unpaired) electrons. The fraction of sp³-hybridized carbons (Fsp3) is 0.846. The number of carbonyl (C=O) groups excluding carboxylic acids is 1. The minimum absolute atomic E-state index is 0.171. The Morgan fingerprint density at radius 2 is 2.17 bits per heavy atom. The van der Waals surface area contributed by atoms with Gasteiger partial charge in [-0.2, -0.15) is 0 Å². The fourth-order valence-corrected chi connectivity index (χ4v) is 2.11. The Kier molecular flexibility index (Phi) is 6.12. The summed E-state index contributed by atoms with van der Waals surface area (Å²) in [5.41, 5.74) is 0. The van der Waals surface area contributed by atoms with Crippen LogP contribution in [0.3, 0.4) is 0 Å². The molecule has 2 atom stereocenters. The zero-order valence-corrected chi connectivity index (χ0v) is 11.1. The highest BCUT2D eigenvalue weighted by molar-refractivity contribution is 5.83. The van der Waals surface area contributed by atoms with E-state index in [1.165, 1.54) is 0 Å². The number of hydrogen-bond donors (Lipinski definition) is 2. The van der Waals surface area contributed by atoms with Gasteiger partial charge in [0, 0.05) is 19.6 Å². The zero-order valence-electron chi connectivity index (χ0n) is 11.1. The molecule has 18 heavy (non-hydrogen) atoms. The van der Waals surface area contributed by atoms with E-state index >= 15 is 0 Å². The summed E-state index contributed by atoms with van der Waals surface area (Å²) < 4.78 is 5.24. The summed E-state index contributed by atoms with van der Waals surface area (Å²) in [6.07, 6.45) is 2.63. The molecule has 0 aromatic carbocycles. The highest BCUT2D eigenvalue weighted by Crippen LogP contribution is 2.17. The number of amides is 1. The summed E-state index contributed by atoms with van der Waals surface area (Å²) in [5, 5.41) is 11.6. The molecule has 2 unspecified atom stereocenters. The lowest BCUT2D eigenvalue weighted by molar-refractivity contribution is -0.142. The van der Waals surface area contributed by atoms with Gasteiger partial charge in [-0.3, -0.25) is 4.79 Å². The lowest BCUT2D eigenvalue weighted by Crippen LogP contribution is -2.41. The van der Waals surface area contributed by atoms with Crippen LogP contribution in [0.1, 0.15) is 39.5 Å². The van der Waals surface area contributed by atoms with Crippen molar-refractivity contribution < 1.29 is 19.4 Å². The molecule has 1 aliphatic heterocycles. The van der Waals surface area contributed by atoms with Gasteiger partial charge in [-0.15, -0.1) is 0 Å². The molecule has 0 saturated carbocycles. The van der Waals surface area contributed by atoms with Crippen LogP contribution in [-0.2, 0) is 14.3 Å². The van der Waals surface area contributed by atoms with Crippen LogP contribution in [0.4, 0.5) is 0 Å². The third kappa shape index (κ3) is 5.49. The van der Waals surface area contributed by atoms with Crippen molar-refractivity contribution in [2.45, 2.75) is 45.6 Å². The number of carbonyl (C=O) groups is 2. The van der Waals surface area contributed by atoms with Gasteiger partial charge in [0.25, 0.3) is 0 Å². The van der Waals surface area contributed by atoms with Crippen molar-refractivity contribution in [1.82, 2.24) is 5.32 Å². The largest absolute Gasteiger partial charge is 0.480 e. The summed E-state index contributed by atoms with van der Waals surface area (Å²) in [4.78, 5) is 22.7. The van der Waals surface area contributed by atoms with Gasteiger partial charge < -0.3 is 15.2 Å². The lowest BCUT2D eigenvalue weighted by Gasteiger charge is -2.17. The summed E-state index contributed by atoms with van der Waals surface area (Å²) in [7, 11) is 0. The van der Waals surface area contributed by atoms with E-state index in [0.717, 1.165) is 26.1 Å². The van der Waals surface area contributed by atoms with Crippen molar-refractivity contribution in [2.75, 3.05) is 13.2 Å². The summed E-state index contributed by atoms with van der Waals surface area (Å²) in [5.74, 6) is -0.435. The Labute approximate surface area is 108 Å². The molecule has 5 heteroatoms. The Bertz CT molecular complexity index is 285. The van der Waals surface area contributed by atoms with E-state index < -0.39 is 12.0 Å².